The van der Waals surface area contributed by atoms with Crippen LogP contribution in [0.3, 0.4) is 0 Å². The average Bonchev–Trinajstić information content (AvgIpc) is 3.45. The summed E-state index contributed by atoms with van der Waals surface area (Å²) in [6, 6.07) is 21.7. The summed E-state index contributed by atoms with van der Waals surface area (Å²) < 4.78 is 11.1. The zero-order valence-corrected chi connectivity index (χ0v) is 18.8. The van der Waals surface area contributed by atoms with Gasteiger partial charge in [-0.3, -0.25) is 4.79 Å². The molecule has 1 heterocycles. The lowest BCUT2D eigenvalue weighted by Gasteiger charge is -2.20. The topological polar surface area (TPSA) is 114 Å². The number of carbonyl (C=O) groups excluding carboxylic acids is 2. The summed E-state index contributed by atoms with van der Waals surface area (Å²) in [5.74, 6) is -1.75. The average molecular weight is 472 g/mol. The third-order valence-corrected chi connectivity index (χ3v) is 6.41. The van der Waals surface area contributed by atoms with E-state index in [1.54, 1.807) is 12.1 Å². The standard InChI is InChI=1S/C27H24N2O6/c30-25(28-22-12-6-5-11-20(22)26(31)32)24-23(13-14-34-24)29-27(33)35-15-21-18-9-3-1-7-16(18)17-8-2-4-10-19(17)21/h1-12,21,23-24H,13-15H2,(H,28,30)(H,29,33)(H,31,32)/t23-,24+/m1/s1. The van der Waals surface area contributed by atoms with Crippen LogP contribution in [0.5, 0.6) is 0 Å². The van der Waals surface area contributed by atoms with Crippen molar-refractivity contribution in [2.24, 2.45) is 0 Å². The van der Waals surface area contributed by atoms with Gasteiger partial charge in [-0.2, -0.15) is 0 Å². The van der Waals surface area contributed by atoms with Gasteiger partial charge in [0.1, 0.15) is 6.61 Å². The number of rotatable bonds is 6. The van der Waals surface area contributed by atoms with E-state index < -0.39 is 30.1 Å². The number of alkyl carbamates (subject to hydrolysis) is 1. The molecule has 0 bridgehead atoms. The van der Waals surface area contributed by atoms with Crippen molar-refractivity contribution in [2.45, 2.75) is 24.5 Å². The van der Waals surface area contributed by atoms with E-state index in [1.165, 1.54) is 12.1 Å². The Balaban J connectivity index is 1.22. The minimum absolute atomic E-state index is 0.0279. The summed E-state index contributed by atoms with van der Waals surface area (Å²) in [4.78, 5) is 36.9. The molecule has 5 rings (SSSR count). The molecule has 3 aromatic rings. The molecule has 0 radical (unpaired) electrons. The summed E-state index contributed by atoms with van der Waals surface area (Å²) in [5.41, 5.74) is 4.64. The van der Waals surface area contributed by atoms with Crippen LogP contribution >= 0.6 is 0 Å². The predicted octanol–water partition coefficient (Wildman–Crippen LogP) is 4.02. The van der Waals surface area contributed by atoms with Crippen LogP contribution in [0.1, 0.15) is 33.8 Å². The van der Waals surface area contributed by atoms with Crippen molar-refractivity contribution in [3.8, 4) is 11.1 Å². The van der Waals surface area contributed by atoms with Gasteiger partial charge < -0.3 is 25.2 Å². The maximum atomic E-state index is 12.8. The number of carboxylic acid groups (broad SMARTS) is 1. The number of carboxylic acids is 1. The predicted molar refractivity (Wildman–Crippen MR) is 128 cm³/mol. The van der Waals surface area contributed by atoms with Gasteiger partial charge in [-0.05, 0) is 40.8 Å². The van der Waals surface area contributed by atoms with E-state index in [9.17, 15) is 19.5 Å². The van der Waals surface area contributed by atoms with Gasteiger partial charge in [-0.1, -0.05) is 60.7 Å². The van der Waals surface area contributed by atoms with Gasteiger partial charge in [0.15, 0.2) is 6.10 Å². The zero-order valence-electron chi connectivity index (χ0n) is 18.8. The third-order valence-electron chi connectivity index (χ3n) is 6.41. The highest BCUT2D eigenvalue weighted by Gasteiger charge is 2.36. The first-order chi connectivity index (χ1) is 17.0. The second kappa shape index (κ2) is 9.60. The molecule has 0 spiro atoms. The molecule has 35 heavy (non-hydrogen) atoms. The molecule has 1 aliphatic carbocycles. The fourth-order valence-electron chi connectivity index (χ4n) is 4.77. The summed E-state index contributed by atoms with van der Waals surface area (Å²) >= 11 is 0. The van der Waals surface area contributed by atoms with E-state index in [2.05, 4.69) is 22.8 Å². The fourth-order valence-corrected chi connectivity index (χ4v) is 4.77. The van der Waals surface area contributed by atoms with Crippen molar-refractivity contribution >= 4 is 23.7 Å². The minimum Gasteiger partial charge on any atom is -0.478 e. The van der Waals surface area contributed by atoms with Crippen LogP contribution in [0.2, 0.25) is 0 Å². The van der Waals surface area contributed by atoms with E-state index in [4.69, 9.17) is 9.47 Å². The molecular weight excluding hydrogens is 448 g/mol. The van der Waals surface area contributed by atoms with Crippen molar-refractivity contribution in [3.05, 3.63) is 89.5 Å². The first kappa shape index (κ1) is 22.6. The van der Waals surface area contributed by atoms with Crippen molar-refractivity contribution in [2.75, 3.05) is 18.5 Å². The van der Waals surface area contributed by atoms with Crippen LogP contribution in [-0.2, 0) is 14.3 Å². The number of nitrogens with one attached hydrogen (secondary N) is 2. The van der Waals surface area contributed by atoms with Crippen LogP contribution in [0, 0.1) is 0 Å². The second-order valence-electron chi connectivity index (χ2n) is 8.50. The molecule has 1 fully saturated rings. The number of aromatic carboxylic acids is 1. The number of benzene rings is 3. The van der Waals surface area contributed by atoms with Crippen molar-refractivity contribution in [1.29, 1.82) is 0 Å². The molecule has 0 aromatic heterocycles. The van der Waals surface area contributed by atoms with Gasteiger partial charge >= 0.3 is 12.1 Å². The molecule has 8 heteroatoms. The van der Waals surface area contributed by atoms with Crippen LogP contribution in [0.25, 0.3) is 11.1 Å². The van der Waals surface area contributed by atoms with Gasteiger partial charge in [-0.25, -0.2) is 9.59 Å². The van der Waals surface area contributed by atoms with Crippen molar-refractivity contribution in [3.63, 3.8) is 0 Å². The number of carbonyl (C=O) groups is 3. The zero-order chi connectivity index (χ0) is 24.4. The summed E-state index contributed by atoms with van der Waals surface area (Å²) in [6.45, 7) is 0.448. The van der Waals surface area contributed by atoms with Gasteiger partial charge in [0.25, 0.3) is 5.91 Å². The van der Waals surface area contributed by atoms with E-state index >= 15 is 0 Å². The van der Waals surface area contributed by atoms with Crippen molar-refractivity contribution in [1.82, 2.24) is 5.32 Å². The molecule has 1 saturated heterocycles. The van der Waals surface area contributed by atoms with E-state index in [1.807, 2.05) is 36.4 Å². The van der Waals surface area contributed by atoms with Crippen LogP contribution < -0.4 is 10.6 Å². The number of fused-ring (bicyclic) bond motifs is 3. The Morgan fingerprint density at radius 3 is 2.23 bits per heavy atom. The molecular formula is C27H24N2O6. The Morgan fingerprint density at radius 2 is 1.54 bits per heavy atom. The number of para-hydroxylation sites is 1. The van der Waals surface area contributed by atoms with E-state index in [-0.39, 0.29) is 30.4 Å². The van der Waals surface area contributed by atoms with E-state index in [0.717, 1.165) is 22.3 Å². The fraction of sp³-hybridized carbons (Fsp3) is 0.222. The number of ether oxygens (including phenoxy) is 2. The molecule has 0 saturated carbocycles. The molecule has 2 amide bonds. The van der Waals surface area contributed by atoms with Crippen LogP contribution in [-0.4, -0.2) is 48.4 Å². The Kier molecular flexibility index (Phi) is 6.20. The van der Waals surface area contributed by atoms with E-state index in [0.29, 0.717) is 6.42 Å². The molecule has 3 N–H and O–H groups in total. The highest BCUT2D eigenvalue weighted by molar-refractivity contribution is 6.02. The van der Waals surface area contributed by atoms with Gasteiger partial charge in [-0.15, -0.1) is 0 Å². The molecule has 3 aromatic carbocycles. The van der Waals surface area contributed by atoms with Gasteiger partial charge in [0.05, 0.1) is 17.3 Å². The number of amides is 2. The lowest BCUT2D eigenvalue weighted by atomic mass is 9.98. The first-order valence-corrected chi connectivity index (χ1v) is 11.4. The molecule has 0 unspecified atom stereocenters. The second-order valence-corrected chi connectivity index (χ2v) is 8.50. The minimum atomic E-state index is -1.15. The largest absolute Gasteiger partial charge is 0.478 e. The number of hydrogen-bond acceptors (Lipinski definition) is 5. The number of anilines is 1. The van der Waals surface area contributed by atoms with Crippen LogP contribution in [0.15, 0.2) is 72.8 Å². The molecule has 2 atom stereocenters. The molecule has 1 aliphatic heterocycles. The Hall–Kier alpha value is -4.17. The maximum Gasteiger partial charge on any atom is 0.407 e. The Morgan fingerprint density at radius 1 is 0.914 bits per heavy atom. The summed E-state index contributed by atoms with van der Waals surface area (Å²) in [7, 11) is 0. The third kappa shape index (κ3) is 4.48. The monoisotopic (exact) mass is 472 g/mol. The SMILES string of the molecule is O=C(N[C@@H]1CCO[C@@H]1C(=O)Nc1ccccc1C(=O)O)OCC1c2ccccc2-c2ccccc21. The Bertz CT molecular complexity index is 1240. The highest BCUT2D eigenvalue weighted by Crippen LogP contribution is 2.44. The quantitative estimate of drug-likeness (QED) is 0.499. The molecule has 178 valence electrons. The molecule has 2 aliphatic rings. The van der Waals surface area contributed by atoms with Gasteiger partial charge in [0.2, 0.25) is 0 Å². The summed E-state index contributed by atoms with van der Waals surface area (Å²) in [6.07, 6.45) is -1.16. The molecule has 8 nitrogen and oxygen atoms in total. The first-order valence-electron chi connectivity index (χ1n) is 11.4. The summed E-state index contributed by atoms with van der Waals surface area (Å²) in [5, 5.41) is 14.7. The number of hydrogen-bond donors (Lipinski definition) is 3. The van der Waals surface area contributed by atoms with Gasteiger partial charge in [0, 0.05) is 12.5 Å². The van der Waals surface area contributed by atoms with Crippen LogP contribution in [0.4, 0.5) is 10.5 Å². The Labute approximate surface area is 201 Å². The lowest BCUT2D eigenvalue weighted by molar-refractivity contribution is -0.125. The smallest absolute Gasteiger partial charge is 0.407 e. The normalized spacial score (nSPS) is 18.4. The highest BCUT2D eigenvalue weighted by atomic mass is 16.6. The van der Waals surface area contributed by atoms with Crippen molar-refractivity contribution < 1.29 is 29.0 Å². The lowest BCUT2D eigenvalue weighted by Crippen LogP contribution is -2.46. The maximum absolute atomic E-state index is 12.8.